The minimum absolute atomic E-state index is 0. The van der Waals surface area contributed by atoms with Crippen LogP contribution in [0.3, 0.4) is 0 Å². The molecule has 0 aromatic carbocycles. The van der Waals surface area contributed by atoms with Crippen molar-refractivity contribution in [3.05, 3.63) is 0 Å². The van der Waals surface area contributed by atoms with Gasteiger partial charge in [-0.1, -0.05) is 51.5 Å². The van der Waals surface area contributed by atoms with E-state index in [9.17, 15) is 0 Å². The molecule has 0 aromatic rings. The normalized spacial score (nSPS) is 9.17. The molecular formula is C15H45NO2. The van der Waals surface area contributed by atoms with Crippen LogP contribution in [0, 0.1) is 0 Å². The second-order valence-corrected chi connectivity index (χ2v) is 2.99. The van der Waals surface area contributed by atoms with Gasteiger partial charge in [0.25, 0.3) is 0 Å². The maximum absolute atomic E-state index is 5.39. The van der Waals surface area contributed by atoms with E-state index in [1.54, 1.807) is 7.11 Å². The molecule has 122 valence electrons. The number of ether oxygens (including phenoxy) is 2. The van der Waals surface area contributed by atoms with Gasteiger partial charge < -0.3 is 14.4 Å². The molecule has 0 aromatic heterocycles. The molecule has 0 N–H and O–H groups in total. The standard InChI is InChI=1S/C9H21NO2.6CH4/c1-5-10(3)9(2)8-12-7-6-11-4;;;;;;/h9H,5-8H2,1-4H3;6*1H4. The zero-order valence-corrected chi connectivity index (χ0v) is 8.67. The van der Waals surface area contributed by atoms with Gasteiger partial charge in [-0.05, 0) is 20.5 Å². The largest absolute Gasteiger partial charge is 0.382 e. The minimum Gasteiger partial charge on any atom is -0.382 e. The van der Waals surface area contributed by atoms with Crippen LogP contribution in [-0.4, -0.2) is 51.5 Å². The Kier molecular flexibility index (Phi) is 72.1. The van der Waals surface area contributed by atoms with Gasteiger partial charge in [0.15, 0.2) is 0 Å². The van der Waals surface area contributed by atoms with Gasteiger partial charge in [-0.15, -0.1) is 0 Å². The summed E-state index contributed by atoms with van der Waals surface area (Å²) >= 11 is 0. The SMILES string of the molecule is C.C.C.C.C.C.CCN(C)C(C)COCCOC. The number of hydrogen-bond acceptors (Lipinski definition) is 3. The summed E-state index contributed by atoms with van der Waals surface area (Å²) in [6.45, 7) is 7.53. The van der Waals surface area contributed by atoms with Gasteiger partial charge in [-0.25, -0.2) is 0 Å². The Balaban J connectivity index is -0.0000000403. The van der Waals surface area contributed by atoms with E-state index in [1.807, 2.05) is 0 Å². The summed E-state index contributed by atoms with van der Waals surface area (Å²) in [6.07, 6.45) is 0. The fraction of sp³-hybridized carbons (Fsp3) is 1.00. The third kappa shape index (κ3) is 24.9. The Bertz CT molecular complexity index is 100. The molecule has 0 radical (unpaired) electrons. The summed E-state index contributed by atoms with van der Waals surface area (Å²) < 4.78 is 10.3. The fourth-order valence-electron chi connectivity index (χ4n) is 0.835. The van der Waals surface area contributed by atoms with Crippen molar-refractivity contribution in [1.29, 1.82) is 0 Å². The number of methoxy groups -OCH3 is 1. The summed E-state index contributed by atoms with van der Waals surface area (Å²) in [6, 6.07) is 0.492. The van der Waals surface area contributed by atoms with E-state index < -0.39 is 0 Å². The van der Waals surface area contributed by atoms with Crippen molar-refractivity contribution >= 4 is 0 Å². The lowest BCUT2D eigenvalue weighted by molar-refractivity contribution is 0.0416. The van der Waals surface area contributed by atoms with Crippen LogP contribution < -0.4 is 0 Å². The lowest BCUT2D eigenvalue weighted by atomic mass is 10.3. The lowest BCUT2D eigenvalue weighted by Crippen LogP contribution is -2.33. The highest BCUT2D eigenvalue weighted by molar-refractivity contribution is 4.59. The predicted molar refractivity (Wildman–Crippen MR) is 90.8 cm³/mol. The third-order valence-electron chi connectivity index (χ3n) is 2.04. The van der Waals surface area contributed by atoms with Crippen molar-refractivity contribution in [2.75, 3.05) is 40.5 Å². The Labute approximate surface area is 120 Å². The first-order valence-corrected chi connectivity index (χ1v) is 4.49. The molecule has 1 atom stereocenters. The van der Waals surface area contributed by atoms with Crippen LogP contribution in [0.5, 0.6) is 0 Å². The van der Waals surface area contributed by atoms with Crippen molar-refractivity contribution in [3.63, 3.8) is 0 Å². The molecule has 0 aliphatic rings. The second kappa shape index (κ2) is 30.2. The first-order valence-electron chi connectivity index (χ1n) is 4.49. The van der Waals surface area contributed by atoms with Gasteiger partial charge in [-0.3, -0.25) is 0 Å². The van der Waals surface area contributed by atoms with Crippen LogP contribution >= 0.6 is 0 Å². The van der Waals surface area contributed by atoms with Crippen LogP contribution in [0.4, 0.5) is 0 Å². The number of likely N-dealkylation sites (N-methyl/N-ethyl adjacent to an activating group) is 1. The molecule has 0 bridgehead atoms. The molecule has 0 saturated carbocycles. The molecule has 0 rings (SSSR count). The zero-order valence-electron chi connectivity index (χ0n) is 8.67. The van der Waals surface area contributed by atoms with E-state index in [2.05, 4.69) is 25.8 Å². The first-order chi connectivity index (χ1) is 5.72. The van der Waals surface area contributed by atoms with E-state index in [0.29, 0.717) is 19.3 Å². The monoisotopic (exact) mass is 271 g/mol. The van der Waals surface area contributed by atoms with Crippen LogP contribution in [0.1, 0.15) is 58.4 Å². The summed E-state index contributed by atoms with van der Waals surface area (Å²) in [7, 11) is 3.79. The Hall–Kier alpha value is -0.120. The van der Waals surface area contributed by atoms with Crippen molar-refractivity contribution in [2.45, 2.75) is 64.4 Å². The number of rotatable bonds is 7. The number of hydrogen-bond donors (Lipinski definition) is 0. The van der Waals surface area contributed by atoms with Gasteiger partial charge in [-0.2, -0.15) is 0 Å². The Morgan fingerprint density at radius 2 is 1.39 bits per heavy atom. The zero-order chi connectivity index (χ0) is 9.40. The van der Waals surface area contributed by atoms with Crippen molar-refractivity contribution < 1.29 is 9.47 Å². The summed E-state index contributed by atoms with van der Waals surface area (Å²) in [5, 5.41) is 0. The molecule has 0 aliphatic heterocycles. The van der Waals surface area contributed by atoms with E-state index in [-0.39, 0.29) is 44.6 Å². The summed E-state index contributed by atoms with van der Waals surface area (Å²) in [5.41, 5.74) is 0. The average molecular weight is 272 g/mol. The fourth-order valence-corrected chi connectivity index (χ4v) is 0.835. The highest BCUT2D eigenvalue weighted by Crippen LogP contribution is 1.94. The molecule has 3 heteroatoms. The molecular weight excluding hydrogens is 226 g/mol. The number of nitrogens with zero attached hydrogens (tertiary/aromatic N) is 1. The summed E-state index contributed by atoms with van der Waals surface area (Å²) in [5.74, 6) is 0. The topological polar surface area (TPSA) is 21.7 Å². The van der Waals surface area contributed by atoms with E-state index >= 15 is 0 Å². The minimum atomic E-state index is 0. The molecule has 0 amide bonds. The molecule has 1 unspecified atom stereocenters. The van der Waals surface area contributed by atoms with Crippen LogP contribution in [0.25, 0.3) is 0 Å². The highest BCUT2D eigenvalue weighted by Gasteiger charge is 2.05. The van der Waals surface area contributed by atoms with Gasteiger partial charge >= 0.3 is 0 Å². The quantitative estimate of drug-likeness (QED) is 0.620. The first kappa shape index (κ1) is 43.0. The predicted octanol–water partition coefficient (Wildman–Crippen LogP) is 4.81. The van der Waals surface area contributed by atoms with E-state index in [1.165, 1.54) is 0 Å². The van der Waals surface area contributed by atoms with Gasteiger partial charge in [0.05, 0.1) is 19.8 Å². The van der Waals surface area contributed by atoms with E-state index in [0.717, 1.165) is 13.2 Å². The van der Waals surface area contributed by atoms with Crippen LogP contribution in [0.15, 0.2) is 0 Å². The van der Waals surface area contributed by atoms with Gasteiger partial charge in [0.2, 0.25) is 0 Å². The maximum atomic E-state index is 5.39. The molecule has 0 saturated heterocycles. The van der Waals surface area contributed by atoms with Gasteiger partial charge in [0, 0.05) is 13.2 Å². The van der Waals surface area contributed by atoms with Crippen molar-refractivity contribution in [1.82, 2.24) is 4.90 Å². The maximum Gasteiger partial charge on any atom is 0.0701 e. The van der Waals surface area contributed by atoms with E-state index in [4.69, 9.17) is 9.47 Å². The molecule has 0 heterocycles. The molecule has 0 spiro atoms. The Morgan fingerprint density at radius 1 is 0.944 bits per heavy atom. The molecule has 18 heavy (non-hydrogen) atoms. The summed E-state index contributed by atoms with van der Waals surface area (Å²) in [4.78, 5) is 2.26. The smallest absolute Gasteiger partial charge is 0.0701 e. The average Bonchev–Trinajstić information content (AvgIpc) is 2.10. The molecule has 0 aliphatic carbocycles. The second-order valence-electron chi connectivity index (χ2n) is 2.99. The van der Waals surface area contributed by atoms with Crippen LogP contribution in [0.2, 0.25) is 0 Å². The Morgan fingerprint density at radius 3 is 1.72 bits per heavy atom. The highest BCUT2D eigenvalue weighted by atomic mass is 16.5. The van der Waals surface area contributed by atoms with Crippen molar-refractivity contribution in [3.8, 4) is 0 Å². The lowest BCUT2D eigenvalue weighted by Gasteiger charge is -2.22. The van der Waals surface area contributed by atoms with Gasteiger partial charge in [0.1, 0.15) is 0 Å². The van der Waals surface area contributed by atoms with Crippen LogP contribution in [-0.2, 0) is 9.47 Å². The van der Waals surface area contributed by atoms with Crippen molar-refractivity contribution in [2.24, 2.45) is 0 Å². The third-order valence-corrected chi connectivity index (χ3v) is 2.04. The molecule has 0 fully saturated rings. The molecule has 3 nitrogen and oxygen atoms in total.